The number of benzene rings is 1. The number of aliphatic hydroxyl groups excluding tert-OH is 1. The van der Waals surface area contributed by atoms with E-state index in [-0.39, 0.29) is 24.0 Å². The van der Waals surface area contributed by atoms with Gasteiger partial charge in [0.15, 0.2) is 0 Å². The second-order valence-electron chi connectivity index (χ2n) is 6.24. The van der Waals surface area contributed by atoms with Crippen LogP contribution < -0.4 is 5.73 Å². The lowest BCUT2D eigenvalue weighted by atomic mass is 9.63. The van der Waals surface area contributed by atoms with Gasteiger partial charge >= 0.3 is 0 Å². The lowest BCUT2D eigenvalue weighted by molar-refractivity contribution is -0.0643. The molecule has 0 aromatic heterocycles. The van der Waals surface area contributed by atoms with Crippen LogP contribution in [0.3, 0.4) is 0 Å². The van der Waals surface area contributed by atoms with Crippen LogP contribution >= 0.6 is 0 Å². The molecule has 1 aliphatic heterocycles. The number of nitrogens with two attached hydrogens (primary N) is 1. The van der Waals surface area contributed by atoms with Gasteiger partial charge in [0.25, 0.3) is 0 Å². The molecular weight excluding hydrogens is 250 g/mol. The molecule has 0 radical (unpaired) electrons. The summed E-state index contributed by atoms with van der Waals surface area (Å²) in [6.07, 6.45) is 2.12. The minimum absolute atomic E-state index is 0.0576. The van der Waals surface area contributed by atoms with Crippen LogP contribution in [0.15, 0.2) is 30.3 Å². The topological polar surface area (TPSA) is 55.5 Å². The van der Waals surface area contributed by atoms with E-state index >= 15 is 0 Å². The first-order valence-electron chi connectivity index (χ1n) is 7.62. The zero-order valence-electron chi connectivity index (χ0n) is 12.6. The first-order chi connectivity index (χ1) is 9.64. The van der Waals surface area contributed by atoms with E-state index in [1.54, 1.807) is 0 Å². The number of hydrogen-bond acceptors (Lipinski definition) is 3. The van der Waals surface area contributed by atoms with Crippen molar-refractivity contribution in [3.05, 3.63) is 35.9 Å². The van der Waals surface area contributed by atoms with E-state index in [1.807, 2.05) is 6.07 Å². The standard InChI is InChI=1S/C17H27NO2/c1-13(2)16-10-17(8-9-20-16,15(11-18)12-19)14-6-4-3-5-7-14/h3-7,13,15-16,19H,8-12,18H2,1-2H3/t15-,16-,17-/m0/s1. The summed E-state index contributed by atoms with van der Waals surface area (Å²) in [5.41, 5.74) is 7.19. The maximum atomic E-state index is 9.81. The van der Waals surface area contributed by atoms with Crippen molar-refractivity contribution in [1.82, 2.24) is 0 Å². The largest absolute Gasteiger partial charge is 0.396 e. The van der Waals surface area contributed by atoms with Gasteiger partial charge in [0.2, 0.25) is 0 Å². The first-order valence-corrected chi connectivity index (χ1v) is 7.62. The first kappa shape index (κ1) is 15.5. The van der Waals surface area contributed by atoms with E-state index in [4.69, 9.17) is 10.5 Å². The summed E-state index contributed by atoms with van der Waals surface area (Å²) in [6, 6.07) is 10.5. The SMILES string of the molecule is CC(C)[C@@H]1C[C@@](c2ccccc2)([C@@H](CN)CO)CCO1. The van der Waals surface area contributed by atoms with Crippen LogP contribution in [0.25, 0.3) is 0 Å². The summed E-state index contributed by atoms with van der Waals surface area (Å²) in [7, 11) is 0. The lowest BCUT2D eigenvalue weighted by Crippen LogP contribution is -2.49. The fourth-order valence-corrected chi connectivity index (χ4v) is 3.45. The molecule has 1 saturated heterocycles. The van der Waals surface area contributed by atoms with E-state index in [1.165, 1.54) is 5.56 Å². The Labute approximate surface area is 122 Å². The van der Waals surface area contributed by atoms with Crippen LogP contribution in [-0.2, 0) is 10.2 Å². The summed E-state index contributed by atoms with van der Waals surface area (Å²) < 4.78 is 5.93. The molecule has 0 amide bonds. The van der Waals surface area contributed by atoms with Gasteiger partial charge in [0.1, 0.15) is 0 Å². The van der Waals surface area contributed by atoms with Crippen molar-refractivity contribution in [2.24, 2.45) is 17.6 Å². The van der Waals surface area contributed by atoms with Crippen molar-refractivity contribution < 1.29 is 9.84 Å². The molecule has 0 saturated carbocycles. The normalized spacial score (nSPS) is 28.6. The molecule has 1 aliphatic rings. The predicted molar refractivity (Wildman–Crippen MR) is 81.6 cm³/mol. The Kier molecular flexibility index (Phi) is 5.19. The van der Waals surface area contributed by atoms with Gasteiger partial charge < -0.3 is 15.6 Å². The summed E-state index contributed by atoms with van der Waals surface area (Å²) in [5.74, 6) is 0.575. The minimum atomic E-state index is -0.0576. The Morgan fingerprint density at radius 2 is 2.05 bits per heavy atom. The van der Waals surface area contributed by atoms with Crippen LogP contribution in [0.5, 0.6) is 0 Å². The molecule has 1 aromatic carbocycles. The highest BCUT2D eigenvalue weighted by molar-refractivity contribution is 5.28. The van der Waals surface area contributed by atoms with Gasteiger partial charge in [-0.2, -0.15) is 0 Å². The van der Waals surface area contributed by atoms with Crippen LogP contribution in [0, 0.1) is 11.8 Å². The lowest BCUT2D eigenvalue weighted by Gasteiger charge is -2.47. The molecule has 20 heavy (non-hydrogen) atoms. The van der Waals surface area contributed by atoms with Crippen LogP contribution in [0.4, 0.5) is 0 Å². The van der Waals surface area contributed by atoms with Crippen molar-refractivity contribution in [3.8, 4) is 0 Å². The van der Waals surface area contributed by atoms with E-state index < -0.39 is 0 Å². The summed E-state index contributed by atoms with van der Waals surface area (Å²) in [5, 5.41) is 9.81. The van der Waals surface area contributed by atoms with Gasteiger partial charge in [-0.3, -0.25) is 0 Å². The maximum absolute atomic E-state index is 9.81. The van der Waals surface area contributed by atoms with Crippen molar-refractivity contribution in [1.29, 1.82) is 0 Å². The molecular formula is C17H27NO2. The molecule has 0 bridgehead atoms. The molecule has 1 aromatic rings. The van der Waals surface area contributed by atoms with E-state index in [0.717, 1.165) is 19.4 Å². The van der Waals surface area contributed by atoms with Crippen LogP contribution in [0.2, 0.25) is 0 Å². The summed E-state index contributed by atoms with van der Waals surface area (Å²) >= 11 is 0. The average molecular weight is 277 g/mol. The van der Waals surface area contributed by atoms with Crippen molar-refractivity contribution in [2.45, 2.75) is 38.2 Å². The van der Waals surface area contributed by atoms with Gasteiger partial charge in [0.05, 0.1) is 6.10 Å². The fourth-order valence-electron chi connectivity index (χ4n) is 3.45. The number of ether oxygens (including phenoxy) is 1. The van der Waals surface area contributed by atoms with Gasteiger partial charge in [-0.15, -0.1) is 0 Å². The van der Waals surface area contributed by atoms with Crippen LogP contribution in [0.1, 0.15) is 32.3 Å². The quantitative estimate of drug-likeness (QED) is 0.868. The zero-order valence-corrected chi connectivity index (χ0v) is 12.6. The maximum Gasteiger partial charge on any atom is 0.0606 e. The molecule has 3 atom stereocenters. The molecule has 0 spiro atoms. The molecule has 3 N–H and O–H groups in total. The fraction of sp³-hybridized carbons (Fsp3) is 0.647. The molecule has 3 nitrogen and oxygen atoms in total. The van der Waals surface area contributed by atoms with E-state index in [9.17, 15) is 5.11 Å². The Morgan fingerprint density at radius 3 is 2.60 bits per heavy atom. The number of aliphatic hydroxyl groups is 1. The summed E-state index contributed by atoms with van der Waals surface area (Å²) in [4.78, 5) is 0. The average Bonchev–Trinajstić information content (AvgIpc) is 2.49. The Balaban J connectivity index is 2.39. The van der Waals surface area contributed by atoms with E-state index in [0.29, 0.717) is 12.5 Å². The van der Waals surface area contributed by atoms with E-state index in [2.05, 4.69) is 38.1 Å². The minimum Gasteiger partial charge on any atom is -0.396 e. The summed E-state index contributed by atoms with van der Waals surface area (Å²) in [6.45, 7) is 5.78. The molecule has 1 fully saturated rings. The Morgan fingerprint density at radius 1 is 1.35 bits per heavy atom. The highest BCUT2D eigenvalue weighted by Crippen LogP contribution is 2.44. The highest BCUT2D eigenvalue weighted by Gasteiger charge is 2.44. The monoisotopic (exact) mass is 277 g/mol. The van der Waals surface area contributed by atoms with Crippen molar-refractivity contribution in [2.75, 3.05) is 19.8 Å². The van der Waals surface area contributed by atoms with Crippen LogP contribution in [-0.4, -0.2) is 31.0 Å². The van der Waals surface area contributed by atoms with Gasteiger partial charge in [0, 0.05) is 24.5 Å². The van der Waals surface area contributed by atoms with Gasteiger partial charge in [-0.1, -0.05) is 44.2 Å². The van der Waals surface area contributed by atoms with Gasteiger partial charge in [-0.25, -0.2) is 0 Å². The Bertz CT molecular complexity index is 403. The predicted octanol–water partition coefficient (Wildman–Crippen LogP) is 2.33. The Hall–Kier alpha value is -0.900. The number of hydrogen-bond donors (Lipinski definition) is 2. The van der Waals surface area contributed by atoms with Gasteiger partial charge in [-0.05, 0) is 30.9 Å². The molecule has 112 valence electrons. The molecule has 0 aliphatic carbocycles. The third-order valence-corrected chi connectivity index (χ3v) is 4.82. The third-order valence-electron chi connectivity index (χ3n) is 4.82. The smallest absolute Gasteiger partial charge is 0.0606 e. The third kappa shape index (κ3) is 2.90. The van der Waals surface area contributed by atoms with Crippen molar-refractivity contribution >= 4 is 0 Å². The molecule has 2 rings (SSSR count). The second-order valence-corrected chi connectivity index (χ2v) is 6.24. The molecule has 1 heterocycles. The molecule has 3 heteroatoms. The molecule has 0 unspecified atom stereocenters. The second kappa shape index (κ2) is 6.70. The zero-order chi connectivity index (χ0) is 14.6. The van der Waals surface area contributed by atoms with Crippen molar-refractivity contribution in [3.63, 3.8) is 0 Å². The highest BCUT2D eigenvalue weighted by atomic mass is 16.5. The number of rotatable bonds is 5.